The van der Waals surface area contributed by atoms with E-state index in [-0.39, 0.29) is 31.8 Å². The van der Waals surface area contributed by atoms with Gasteiger partial charge in [0.1, 0.15) is 18.1 Å². The number of nitrogens with two attached hydrogens (primary N) is 5. The molecule has 0 aromatic heterocycles. The summed E-state index contributed by atoms with van der Waals surface area (Å²) in [6, 6.07) is -5.24. The van der Waals surface area contributed by atoms with Crippen molar-refractivity contribution in [3.05, 3.63) is 0 Å². The summed E-state index contributed by atoms with van der Waals surface area (Å²) >= 11 is 0. The molecule has 0 aliphatic rings. The van der Waals surface area contributed by atoms with E-state index in [9.17, 15) is 28.8 Å². The molecule has 0 saturated carbocycles. The number of hydrogen-bond donors (Lipinski definition) is 9. The van der Waals surface area contributed by atoms with Crippen molar-refractivity contribution in [1.29, 1.82) is 0 Å². The van der Waals surface area contributed by atoms with Gasteiger partial charge in [-0.05, 0) is 26.2 Å². The van der Waals surface area contributed by atoms with Gasteiger partial charge in [0.15, 0.2) is 5.96 Å². The molecule has 0 aliphatic heterocycles. The number of aliphatic carboxylic acids is 1. The number of nitrogens with zero attached hydrogens (tertiary/aromatic N) is 1. The number of hydrogen-bond acceptors (Lipinski definition) is 8. The number of carbonyl (C=O) groups is 6. The van der Waals surface area contributed by atoms with Crippen LogP contribution in [0.5, 0.6) is 0 Å². The lowest BCUT2D eigenvalue weighted by Crippen LogP contribution is -2.57. The smallest absolute Gasteiger partial charge is 0.325 e. The molecule has 0 radical (unpaired) electrons. The molecule has 0 bridgehead atoms. The molecule has 34 heavy (non-hydrogen) atoms. The van der Waals surface area contributed by atoms with Crippen LogP contribution in [-0.4, -0.2) is 77.3 Å². The van der Waals surface area contributed by atoms with Gasteiger partial charge in [0.05, 0.1) is 12.5 Å². The Bertz CT molecular complexity index is 799. The highest BCUT2D eigenvalue weighted by molar-refractivity contribution is 5.96. The summed E-state index contributed by atoms with van der Waals surface area (Å²) in [6.45, 7) is 1.41. The summed E-state index contributed by atoms with van der Waals surface area (Å²) in [6.07, 6.45) is -0.678. The first-order valence-electron chi connectivity index (χ1n) is 10.3. The average Bonchev–Trinajstić information content (AvgIpc) is 2.72. The van der Waals surface area contributed by atoms with Gasteiger partial charge in [-0.25, -0.2) is 0 Å². The highest BCUT2D eigenvalue weighted by Gasteiger charge is 2.30. The molecule has 0 rings (SSSR count). The van der Waals surface area contributed by atoms with E-state index in [1.54, 1.807) is 0 Å². The fourth-order valence-corrected chi connectivity index (χ4v) is 2.54. The van der Waals surface area contributed by atoms with Crippen molar-refractivity contribution in [1.82, 2.24) is 16.0 Å². The number of primary amides is 2. The maximum atomic E-state index is 12.7. The van der Waals surface area contributed by atoms with Crippen molar-refractivity contribution in [2.45, 2.75) is 63.2 Å². The summed E-state index contributed by atoms with van der Waals surface area (Å²) in [5.74, 6) is -5.82. The molecule has 0 fully saturated rings. The highest BCUT2D eigenvalue weighted by Crippen LogP contribution is 2.03. The Morgan fingerprint density at radius 1 is 0.824 bits per heavy atom. The average molecular weight is 488 g/mol. The number of rotatable bonds is 16. The van der Waals surface area contributed by atoms with Crippen LogP contribution in [0, 0.1) is 0 Å². The fraction of sp³-hybridized carbons (Fsp3) is 0.611. The Hall–Kier alpha value is -3.95. The second-order valence-corrected chi connectivity index (χ2v) is 7.42. The van der Waals surface area contributed by atoms with Crippen molar-refractivity contribution in [3.63, 3.8) is 0 Å². The topological polar surface area (TPSA) is 301 Å². The Labute approximate surface area is 195 Å². The van der Waals surface area contributed by atoms with E-state index in [0.717, 1.165) is 0 Å². The molecule has 0 aromatic carbocycles. The highest BCUT2D eigenvalue weighted by atomic mass is 16.4. The summed E-state index contributed by atoms with van der Waals surface area (Å²) in [7, 11) is 0. The Kier molecular flexibility index (Phi) is 13.2. The number of carboxylic acids is 1. The second kappa shape index (κ2) is 15.0. The van der Waals surface area contributed by atoms with Crippen LogP contribution in [-0.2, 0) is 28.8 Å². The Morgan fingerprint density at radius 2 is 1.38 bits per heavy atom. The van der Waals surface area contributed by atoms with Crippen LogP contribution < -0.4 is 44.6 Å². The lowest BCUT2D eigenvalue weighted by molar-refractivity contribution is -0.142. The lowest BCUT2D eigenvalue weighted by Gasteiger charge is -2.24. The number of guanidine groups is 1. The van der Waals surface area contributed by atoms with Gasteiger partial charge in [-0.15, -0.1) is 0 Å². The molecular weight excluding hydrogens is 454 g/mol. The Balaban J connectivity index is 5.32. The van der Waals surface area contributed by atoms with E-state index in [0.29, 0.717) is 6.42 Å². The summed E-state index contributed by atoms with van der Waals surface area (Å²) in [5.41, 5.74) is 26.4. The molecule has 0 heterocycles. The predicted molar refractivity (Wildman–Crippen MR) is 119 cm³/mol. The van der Waals surface area contributed by atoms with Crippen molar-refractivity contribution < 1.29 is 33.9 Å². The van der Waals surface area contributed by atoms with Gasteiger partial charge in [-0.2, -0.15) is 0 Å². The predicted octanol–water partition coefficient (Wildman–Crippen LogP) is -4.93. The molecular formula is C18H33N9O7. The number of amides is 5. The molecule has 16 nitrogen and oxygen atoms in total. The van der Waals surface area contributed by atoms with Crippen LogP contribution in [0.4, 0.5) is 0 Å². The monoisotopic (exact) mass is 487 g/mol. The summed E-state index contributed by atoms with van der Waals surface area (Å²) in [4.78, 5) is 74.7. The summed E-state index contributed by atoms with van der Waals surface area (Å²) in [5, 5.41) is 15.7. The van der Waals surface area contributed by atoms with Crippen LogP contribution in [0.15, 0.2) is 4.99 Å². The molecule has 0 saturated heterocycles. The van der Waals surface area contributed by atoms with Gasteiger partial charge in [0.2, 0.25) is 29.5 Å². The van der Waals surface area contributed by atoms with Gasteiger partial charge in [0, 0.05) is 13.0 Å². The van der Waals surface area contributed by atoms with Gasteiger partial charge in [-0.1, -0.05) is 0 Å². The van der Waals surface area contributed by atoms with Gasteiger partial charge in [0.25, 0.3) is 0 Å². The molecule has 0 aromatic rings. The quantitative estimate of drug-likeness (QED) is 0.0567. The molecule has 0 aliphatic carbocycles. The first-order chi connectivity index (χ1) is 15.7. The van der Waals surface area contributed by atoms with E-state index in [4.69, 9.17) is 33.8 Å². The Morgan fingerprint density at radius 3 is 1.88 bits per heavy atom. The summed E-state index contributed by atoms with van der Waals surface area (Å²) < 4.78 is 0. The maximum absolute atomic E-state index is 12.7. The third-order valence-corrected chi connectivity index (χ3v) is 4.38. The third-order valence-electron chi connectivity index (χ3n) is 4.38. The molecule has 4 atom stereocenters. The normalized spacial score (nSPS) is 13.9. The minimum absolute atomic E-state index is 0.121. The SMILES string of the molecule is CC(NC(=O)C(CCC(N)=O)NC(=O)C(CC(N)=O)NC(=O)C(N)CCCN=C(N)N)C(=O)O. The second-order valence-electron chi connectivity index (χ2n) is 7.42. The van der Waals surface area contributed by atoms with Crippen molar-refractivity contribution in [2.75, 3.05) is 6.54 Å². The van der Waals surface area contributed by atoms with Crippen LogP contribution >= 0.6 is 0 Å². The van der Waals surface area contributed by atoms with Gasteiger partial charge in [-0.3, -0.25) is 33.8 Å². The molecule has 16 heteroatoms. The van der Waals surface area contributed by atoms with E-state index in [1.165, 1.54) is 6.92 Å². The van der Waals surface area contributed by atoms with E-state index in [2.05, 4.69) is 20.9 Å². The zero-order valence-corrected chi connectivity index (χ0v) is 18.8. The number of carbonyl (C=O) groups excluding carboxylic acids is 5. The molecule has 14 N–H and O–H groups in total. The van der Waals surface area contributed by atoms with E-state index < -0.39 is 66.1 Å². The van der Waals surface area contributed by atoms with Crippen molar-refractivity contribution in [3.8, 4) is 0 Å². The van der Waals surface area contributed by atoms with Crippen LogP contribution in [0.3, 0.4) is 0 Å². The number of aliphatic imine (C=N–C) groups is 1. The minimum atomic E-state index is -1.49. The van der Waals surface area contributed by atoms with Crippen molar-refractivity contribution >= 4 is 41.5 Å². The zero-order chi connectivity index (χ0) is 26.4. The lowest BCUT2D eigenvalue weighted by atomic mass is 10.1. The van der Waals surface area contributed by atoms with Crippen LogP contribution in [0.1, 0.15) is 39.0 Å². The number of carboxylic acid groups (broad SMARTS) is 1. The van der Waals surface area contributed by atoms with Crippen LogP contribution in [0.2, 0.25) is 0 Å². The van der Waals surface area contributed by atoms with E-state index >= 15 is 0 Å². The standard InChI is InChI=1S/C18H33N9O7/c1-8(17(33)34)25-15(31)10(4-5-12(20)28)26-16(32)11(7-13(21)29)27-14(30)9(19)3-2-6-24-18(22)23/h8-11H,2-7,19H2,1H3,(H2,20,28)(H2,21,29)(H,25,31)(H,26,32)(H,27,30)(H,33,34)(H4,22,23,24). The fourth-order valence-electron chi connectivity index (χ4n) is 2.54. The molecule has 0 spiro atoms. The molecule has 192 valence electrons. The zero-order valence-electron chi connectivity index (χ0n) is 18.8. The molecule has 4 unspecified atom stereocenters. The number of nitrogens with one attached hydrogen (secondary N) is 3. The van der Waals surface area contributed by atoms with Crippen LogP contribution in [0.25, 0.3) is 0 Å². The first kappa shape index (κ1) is 30.1. The van der Waals surface area contributed by atoms with Crippen molar-refractivity contribution in [2.24, 2.45) is 33.7 Å². The molecule has 5 amide bonds. The first-order valence-corrected chi connectivity index (χ1v) is 10.3. The minimum Gasteiger partial charge on any atom is -0.480 e. The van der Waals surface area contributed by atoms with E-state index in [1.807, 2.05) is 0 Å². The van der Waals surface area contributed by atoms with Gasteiger partial charge >= 0.3 is 5.97 Å². The third kappa shape index (κ3) is 12.8. The maximum Gasteiger partial charge on any atom is 0.325 e. The van der Waals surface area contributed by atoms with Gasteiger partial charge < -0.3 is 49.7 Å². The largest absolute Gasteiger partial charge is 0.480 e.